The molecule has 1 rings (SSSR count). The molecule has 1 aromatic rings. The first-order chi connectivity index (χ1) is 9.45. The van der Waals surface area contributed by atoms with Crippen molar-refractivity contribution >= 4 is 55.4 Å². The second-order valence-corrected chi connectivity index (χ2v) is 6.03. The van der Waals surface area contributed by atoms with Gasteiger partial charge < -0.3 is 0 Å². The Bertz CT molecular complexity index is 580. The number of hydrogen-bond acceptors (Lipinski definition) is 3. The fourth-order valence-corrected chi connectivity index (χ4v) is 2.07. The summed E-state index contributed by atoms with van der Waals surface area (Å²) in [5, 5.41) is 6.11. The molecule has 20 heavy (non-hydrogen) atoms. The van der Waals surface area contributed by atoms with Gasteiger partial charge >= 0.3 is 0 Å². The zero-order valence-corrected chi connectivity index (χ0v) is 15.1. The molecule has 0 N–H and O–H groups in total. The van der Waals surface area contributed by atoms with E-state index < -0.39 is 0 Å². The van der Waals surface area contributed by atoms with Gasteiger partial charge in [0, 0.05) is 34.7 Å². The van der Waals surface area contributed by atoms with E-state index in [4.69, 9.17) is 11.6 Å². The van der Waals surface area contributed by atoms with Gasteiger partial charge in [-0.15, -0.1) is 0 Å². The van der Waals surface area contributed by atoms with E-state index in [9.17, 15) is 0 Å². The van der Waals surface area contributed by atoms with Gasteiger partial charge in [-0.3, -0.25) is 10.0 Å². The van der Waals surface area contributed by atoms with E-state index in [1.54, 1.807) is 26.4 Å². The van der Waals surface area contributed by atoms with E-state index in [1.165, 1.54) is 5.01 Å². The summed E-state index contributed by atoms with van der Waals surface area (Å²) in [5.41, 5.74) is 1.73. The average molecular weight is 420 g/mol. The highest BCUT2D eigenvalue weighted by molar-refractivity contribution is 9.12. The van der Waals surface area contributed by atoms with Gasteiger partial charge in [0.2, 0.25) is 0 Å². The molecule has 106 valence electrons. The molecule has 0 heterocycles. The van der Waals surface area contributed by atoms with Crippen molar-refractivity contribution in [3.05, 3.63) is 56.6 Å². The molecule has 0 saturated carbocycles. The minimum absolute atomic E-state index is 0.450. The number of aliphatic imine (C=N–C) groups is 1. The molecular weight excluding hydrogens is 405 g/mol. The monoisotopic (exact) mass is 417 g/mol. The SMILES string of the molecule is C=C(Br)/C=N\N(C)/C(Cl)=C\C(=N/C)c1ccccc1Br. The van der Waals surface area contributed by atoms with Crippen molar-refractivity contribution in [2.24, 2.45) is 10.1 Å². The van der Waals surface area contributed by atoms with Gasteiger partial charge in [0.25, 0.3) is 0 Å². The van der Waals surface area contributed by atoms with E-state index >= 15 is 0 Å². The van der Waals surface area contributed by atoms with Gasteiger partial charge in [-0.1, -0.05) is 52.3 Å². The largest absolute Gasteiger partial charge is 0.288 e. The van der Waals surface area contributed by atoms with Crippen LogP contribution in [0, 0.1) is 0 Å². The molecule has 1 aromatic carbocycles. The lowest BCUT2D eigenvalue weighted by atomic mass is 10.1. The van der Waals surface area contributed by atoms with Crippen LogP contribution in [0.1, 0.15) is 5.56 Å². The summed E-state index contributed by atoms with van der Waals surface area (Å²) in [5.74, 6) is 0. The molecule has 0 bridgehead atoms. The molecular formula is C14H14Br2ClN3. The van der Waals surface area contributed by atoms with E-state index in [0.717, 1.165) is 15.7 Å². The normalized spacial score (nSPS) is 12.8. The van der Waals surface area contributed by atoms with Crippen LogP contribution in [0.15, 0.2) is 61.1 Å². The number of benzene rings is 1. The van der Waals surface area contributed by atoms with Crippen LogP contribution in [0.4, 0.5) is 0 Å². The Kier molecular flexibility index (Phi) is 7.19. The van der Waals surface area contributed by atoms with Crippen LogP contribution >= 0.6 is 43.5 Å². The summed E-state index contributed by atoms with van der Waals surface area (Å²) in [6, 6.07) is 7.82. The lowest BCUT2D eigenvalue weighted by Gasteiger charge is -2.12. The summed E-state index contributed by atoms with van der Waals surface area (Å²) in [4.78, 5) is 4.26. The number of hydrogen-bond donors (Lipinski definition) is 0. The third-order valence-electron chi connectivity index (χ3n) is 2.33. The minimum Gasteiger partial charge on any atom is -0.288 e. The predicted octanol–water partition coefficient (Wildman–Crippen LogP) is 4.77. The molecule has 3 nitrogen and oxygen atoms in total. The quantitative estimate of drug-likeness (QED) is 0.384. The van der Waals surface area contributed by atoms with Gasteiger partial charge in [0.05, 0.1) is 11.9 Å². The third kappa shape index (κ3) is 5.23. The van der Waals surface area contributed by atoms with Gasteiger partial charge in [0.1, 0.15) is 5.16 Å². The Labute approximate surface area is 141 Å². The van der Waals surface area contributed by atoms with Crippen LogP contribution in [0.25, 0.3) is 0 Å². The van der Waals surface area contributed by atoms with Crippen molar-refractivity contribution in [2.75, 3.05) is 14.1 Å². The van der Waals surface area contributed by atoms with E-state index in [1.807, 2.05) is 24.3 Å². The Hall–Kier alpha value is -0.910. The van der Waals surface area contributed by atoms with Crippen LogP contribution in [0.5, 0.6) is 0 Å². The molecule has 0 unspecified atom stereocenters. The van der Waals surface area contributed by atoms with E-state index in [2.05, 4.69) is 48.5 Å². The second kappa shape index (κ2) is 8.39. The topological polar surface area (TPSA) is 28.0 Å². The highest BCUT2D eigenvalue weighted by Crippen LogP contribution is 2.19. The first-order valence-electron chi connectivity index (χ1n) is 5.66. The zero-order chi connectivity index (χ0) is 15.1. The molecule has 0 saturated heterocycles. The summed E-state index contributed by atoms with van der Waals surface area (Å²) < 4.78 is 1.63. The molecule has 0 amide bonds. The maximum atomic E-state index is 6.22. The van der Waals surface area contributed by atoms with Gasteiger partial charge in [-0.2, -0.15) is 5.10 Å². The summed E-state index contributed by atoms with van der Waals surface area (Å²) in [7, 11) is 3.47. The van der Waals surface area contributed by atoms with Crippen molar-refractivity contribution < 1.29 is 0 Å². The highest BCUT2D eigenvalue weighted by atomic mass is 79.9. The van der Waals surface area contributed by atoms with Crippen molar-refractivity contribution in [1.29, 1.82) is 0 Å². The first-order valence-corrected chi connectivity index (χ1v) is 7.63. The summed E-state index contributed by atoms with van der Waals surface area (Å²) in [6.07, 6.45) is 3.33. The van der Waals surface area contributed by atoms with Gasteiger partial charge in [-0.25, -0.2) is 0 Å². The molecule has 0 fully saturated rings. The predicted molar refractivity (Wildman–Crippen MR) is 94.9 cm³/mol. The number of hydrazone groups is 1. The molecule has 0 atom stereocenters. The third-order valence-corrected chi connectivity index (χ3v) is 3.58. The molecule has 0 aliphatic rings. The molecule has 0 spiro atoms. The lowest BCUT2D eigenvalue weighted by molar-refractivity contribution is 0.479. The number of rotatable bonds is 5. The fourth-order valence-electron chi connectivity index (χ4n) is 1.34. The van der Waals surface area contributed by atoms with Crippen LogP contribution in [-0.4, -0.2) is 31.0 Å². The van der Waals surface area contributed by atoms with Gasteiger partial charge in [0.15, 0.2) is 0 Å². The summed E-state index contributed by atoms with van der Waals surface area (Å²) >= 11 is 12.9. The molecule has 0 aliphatic carbocycles. The average Bonchev–Trinajstić information content (AvgIpc) is 2.42. The Morgan fingerprint density at radius 3 is 2.60 bits per heavy atom. The van der Waals surface area contributed by atoms with Gasteiger partial charge in [-0.05, 0) is 22.0 Å². The van der Waals surface area contributed by atoms with E-state index in [0.29, 0.717) is 9.64 Å². The van der Waals surface area contributed by atoms with Crippen LogP contribution in [0.2, 0.25) is 0 Å². The van der Waals surface area contributed by atoms with Crippen molar-refractivity contribution in [2.45, 2.75) is 0 Å². The van der Waals surface area contributed by atoms with Crippen LogP contribution < -0.4 is 0 Å². The van der Waals surface area contributed by atoms with E-state index in [-0.39, 0.29) is 0 Å². The molecule has 6 heteroatoms. The number of allylic oxidation sites excluding steroid dienone is 2. The zero-order valence-electron chi connectivity index (χ0n) is 11.1. The molecule has 0 radical (unpaired) electrons. The van der Waals surface area contributed by atoms with Crippen molar-refractivity contribution in [3.63, 3.8) is 0 Å². The van der Waals surface area contributed by atoms with Crippen molar-refractivity contribution in [3.8, 4) is 0 Å². The lowest BCUT2D eigenvalue weighted by Crippen LogP contribution is -2.09. The molecule has 0 aliphatic heterocycles. The number of halogens is 3. The van der Waals surface area contributed by atoms with Crippen molar-refractivity contribution in [1.82, 2.24) is 5.01 Å². The van der Waals surface area contributed by atoms with Crippen LogP contribution in [0.3, 0.4) is 0 Å². The maximum absolute atomic E-state index is 6.22. The standard InChI is InChI=1S/C14H14Br2ClN3/c1-10(15)9-19-20(3)14(17)8-13(18-2)11-6-4-5-7-12(11)16/h4-9H,1H2,2-3H3/b14-8-,18-13+,19-9-. The Morgan fingerprint density at radius 1 is 1.40 bits per heavy atom. The van der Waals surface area contributed by atoms with Crippen LogP contribution in [-0.2, 0) is 0 Å². The molecule has 0 aromatic heterocycles. The summed E-state index contributed by atoms with van der Waals surface area (Å²) in [6.45, 7) is 3.67. The minimum atomic E-state index is 0.450. The highest BCUT2D eigenvalue weighted by Gasteiger charge is 2.07. The Morgan fingerprint density at radius 2 is 2.05 bits per heavy atom. The Balaban J connectivity index is 3.01. The first kappa shape index (κ1) is 17.1. The second-order valence-electron chi connectivity index (χ2n) is 3.77. The smallest absolute Gasteiger partial charge is 0.127 e. The fraction of sp³-hybridized carbons (Fsp3) is 0.143. The maximum Gasteiger partial charge on any atom is 0.127 e. The number of nitrogens with zero attached hydrogens (tertiary/aromatic N) is 3.